The normalized spacial score (nSPS) is 10.7. The van der Waals surface area contributed by atoms with Crippen molar-refractivity contribution in [2.75, 3.05) is 38.3 Å². The first-order valence-corrected chi connectivity index (χ1v) is 6.06. The predicted octanol–water partition coefficient (Wildman–Crippen LogP) is 0.636. The van der Waals surface area contributed by atoms with Gasteiger partial charge in [0.15, 0.2) is 0 Å². The number of ether oxygens (including phenoxy) is 1. The number of hydrogen-bond donors (Lipinski definition) is 2. The number of rotatable bonds is 7. The Bertz CT molecular complexity index is 383. The first kappa shape index (κ1) is 14.9. The van der Waals surface area contributed by atoms with E-state index in [0.29, 0.717) is 19.7 Å². The number of anilines is 1. The van der Waals surface area contributed by atoms with E-state index in [9.17, 15) is 5.11 Å². The highest BCUT2D eigenvalue weighted by atomic mass is 16.5. The van der Waals surface area contributed by atoms with Gasteiger partial charge in [-0.3, -0.25) is 0 Å². The van der Waals surface area contributed by atoms with E-state index in [1.54, 1.807) is 7.11 Å². The van der Waals surface area contributed by atoms with Crippen LogP contribution in [0.3, 0.4) is 0 Å². The van der Waals surface area contributed by atoms with Crippen LogP contribution in [0.4, 0.5) is 5.82 Å². The molecule has 0 radical (unpaired) electrons. The third-order valence-electron chi connectivity index (χ3n) is 2.85. The van der Waals surface area contributed by atoms with E-state index >= 15 is 0 Å². The first-order chi connectivity index (χ1) is 8.63. The van der Waals surface area contributed by atoms with Crippen LogP contribution in [-0.2, 0) is 11.3 Å². The standard InChI is InChI=1S/C13H22N2O3/c1-10-8-11(2)14-13(12(10)9-17)15(4-6-16)5-7-18-3/h8,16-17H,4-7,9H2,1-3H3. The van der Waals surface area contributed by atoms with Crippen LogP contribution in [0.2, 0.25) is 0 Å². The van der Waals surface area contributed by atoms with E-state index in [0.717, 1.165) is 22.6 Å². The van der Waals surface area contributed by atoms with Gasteiger partial charge in [0.1, 0.15) is 5.82 Å². The quantitative estimate of drug-likeness (QED) is 0.747. The lowest BCUT2D eigenvalue weighted by Crippen LogP contribution is -2.32. The molecule has 102 valence electrons. The highest BCUT2D eigenvalue weighted by Gasteiger charge is 2.14. The summed E-state index contributed by atoms with van der Waals surface area (Å²) < 4.78 is 5.06. The van der Waals surface area contributed by atoms with Crippen molar-refractivity contribution in [3.05, 3.63) is 22.9 Å². The Kier molecular flexibility index (Phi) is 6.04. The Labute approximate surface area is 108 Å². The van der Waals surface area contributed by atoms with Gasteiger partial charge in [0.25, 0.3) is 0 Å². The minimum atomic E-state index is -0.0522. The molecule has 0 atom stereocenters. The SMILES string of the molecule is COCCN(CCO)c1nc(C)cc(C)c1CO. The Hall–Kier alpha value is -1.17. The minimum Gasteiger partial charge on any atom is -0.395 e. The summed E-state index contributed by atoms with van der Waals surface area (Å²) >= 11 is 0. The fraction of sp³-hybridized carbons (Fsp3) is 0.615. The number of aromatic nitrogens is 1. The Morgan fingerprint density at radius 1 is 1.28 bits per heavy atom. The minimum absolute atomic E-state index is 0.0449. The number of pyridine rings is 1. The second-order valence-electron chi connectivity index (χ2n) is 4.24. The summed E-state index contributed by atoms with van der Waals surface area (Å²) in [5.74, 6) is 0.737. The zero-order chi connectivity index (χ0) is 13.5. The van der Waals surface area contributed by atoms with Gasteiger partial charge >= 0.3 is 0 Å². The van der Waals surface area contributed by atoms with Crippen LogP contribution in [0.15, 0.2) is 6.07 Å². The summed E-state index contributed by atoms with van der Waals surface area (Å²) in [6.45, 7) is 5.54. The molecule has 2 N–H and O–H groups in total. The summed E-state index contributed by atoms with van der Waals surface area (Å²) in [4.78, 5) is 6.42. The monoisotopic (exact) mass is 254 g/mol. The van der Waals surface area contributed by atoms with Crippen LogP contribution in [0.5, 0.6) is 0 Å². The smallest absolute Gasteiger partial charge is 0.134 e. The Morgan fingerprint density at radius 2 is 2.00 bits per heavy atom. The van der Waals surface area contributed by atoms with Crippen molar-refractivity contribution in [3.8, 4) is 0 Å². The molecule has 0 amide bonds. The van der Waals surface area contributed by atoms with Crippen LogP contribution in [0.25, 0.3) is 0 Å². The topological polar surface area (TPSA) is 65.8 Å². The average molecular weight is 254 g/mol. The summed E-state index contributed by atoms with van der Waals surface area (Å²) in [5.41, 5.74) is 2.73. The van der Waals surface area contributed by atoms with Gasteiger partial charge in [0.05, 0.1) is 19.8 Å². The predicted molar refractivity (Wildman–Crippen MR) is 70.8 cm³/mol. The average Bonchev–Trinajstić information content (AvgIpc) is 2.33. The van der Waals surface area contributed by atoms with Gasteiger partial charge < -0.3 is 19.8 Å². The van der Waals surface area contributed by atoms with E-state index < -0.39 is 0 Å². The zero-order valence-electron chi connectivity index (χ0n) is 11.3. The lowest BCUT2D eigenvalue weighted by Gasteiger charge is -2.25. The molecule has 1 rings (SSSR count). The van der Waals surface area contributed by atoms with E-state index in [2.05, 4.69) is 4.98 Å². The lowest BCUT2D eigenvalue weighted by atomic mass is 10.1. The molecule has 5 nitrogen and oxygen atoms in total. The third kappa shape index (κ3) is 3.66. The van der Waals surface area contributed by atoms with E-state index in [1.165, 1.54) is 0 Å². The molecule has 0 aliphatic carbocycles. The van der Waals surface area contributed by atoms with Crippen molar-refractivity contribution in [2.24, 2.45) is 0 Å². The fourth-order valence-corrected chi connectivity index (χ4v) is 1.95. The Morgan fingerprint density at radius 3 is 2.56 bits per heavy atom. The molecule has 1 aromatic rings. The molecule has 0 unspecified atom stereocenters. The van der Waals surface area contributed by atoms with E-state index in [4.69, 9.17) is 9.84 Å². The molecule has 0 aromatic carbocycles. The van der Waals surface area contributed by atoms with Gasteiger partial charge in [-0.05, 0) is 25.5 Å². The van der Waals surface area contributed by atoms with Crippen molar-refractivity contribution < 1.29 is 14.9 Å². The largest absolute Gasteiger partial charge is 0.395 e. The summed E-state index contributed by atoms with van der Waals surface area (Å²) in [6.07, 6.45) is 0. The number of aliphatic hydroxyl groups excluding tert-OH is 2. The molecular formula is C13H22N2O3. The van der Waals surface area contributed by atoms with Crippen LogP contribution in [-0.4, -0.2) is 48.6 Å². The van der Waals surface area contributed by atoms with Crippen molar-refractivity contribution in [1.29, 1.82) is 0 Å². The van der Waals surface area contributed by atoms with Gasteiger partial charge in [0.2, 0.25) is 0 Å². The Balaban J connectivity index is 3.08. The highest BCUT2D eigenvalue weighted by molar-refractivity contribution is 5.51. The van der Waals surface area contributed by atoms with Crippen LogP contribution < -0.4 is 4.90 Å². The zero-order valence-corrected chi connectivity index (χ0v) is 11.3. The fourth-order valence-electron chi connectivity index (χ4n) is 1.95. The van der Waals surface area contributed by atoms with Gasteiger partial charge in [-0.1, -0.05) is 0 Å². The number of aliphatic hydroxyl groups is 2. The molecule has 0 bridgehead atoms. The van der Waals surface area contributed by atoms with Gasteiger partial charge in [-0.2, -0.15) is 0 Å². The van der Waals surface area contributed by atoms with Crippen molar-refractivity contribution in [3.63, 3.8) is 0 Å². The molecule has 0 saturated heterocycles. The molecule has 0 aliphatic heterocycles. The number of aryl methyl sites for hydroxylation is 2. The van der Waals surface area contributed by atoms with E-state index in [1.807, 2.05) is 24.8 Å². The molecule has 0 spiro atoms. The molecule has 1 aromatic heterocycles. The molecule has 1 heterocycles. The molecular weight excluding hydrogens is 232 g/mol. The number of hydrogen-bond acceptors (Lipinski definition) is 5. The van der Waals surface area contributed by atoms with Crippen LogP contribution in [0, 0.1) is 13.8 Å². The van der Waals surface area contributed by atoms with E-state index in [-0.39, 0.29) is 13.2 Å². The second-order valence-corrected chi connectivity index (χ2v) is 4.24. The maximum Gasteiger partial charge on any atom is 0.134 e. The van der Waals surface area contributed by atoms with Crippen LogP contribution >= 0.6 is 0 Å². The van der Waals surface area contributed by atoms with Gasteiger partial charge in [-0.25, -0.2) is 4.98 Å². The second kappa shape index (κ2) is 7.31. The number of nitrogens with zero attached hydrogens (tertiary/aromatic N) is 2. The maximum absolute atomic E-state index is 9.47. The summed E-state index contributed by atoms with van der Waals surface area (Å²) in [7, 11) is 1.64. The van der Waals surface area contributed by atoms with Crippen LogP contribution in [0.1, 0.15) is 16.8 Å². The summed E-state index contributed by atoms with van der Waals surface area (Å²) in [5, 5.41) is 18.6. The van der Waals surface area contributed by atoms with Crippen molar-refractivity contribution >= 4 is 5.82 Å². The highest BCUT2D eigenvalue weighted by Crippen LogP contribution is 2.22. The maximum atomic E-state index is 9.47. The molecule has 0 fully saturated rings. The van der Waals surface area contributed by atoms with Crippen molar-refractivity contribution in [2.45, 2.75) is 20.5 Å². The number of methoxy groups -OCH3 is 1. The molecule has 18 heavy (non-hydrogen) atoms. The molecule has 0 saturated carbocycles. The third-order valence-corrected chi connectivity index (χ3v) is 2.85. The lowest BCUT2D eigenvalue weighted by molar-refractivity contribution is 0.202. The first-order valence-electron chi connectivity index (χ1n) is 6.06. The molecule has 0 aliphatic rings. The van der Waals surface area contributed by atoms with Gasteiger partial charge in [0, 0.05) is 31.5 Å². The molecule has 5 heteroatoms. The van der Waals surface area contributed by atoms with Gasteiger partial charge in [-0.15, -0.1) is 0 Å². The van der Waals surface area contributed by atoms with Crippen molar-refractivity contribution in [1.82, 2.24) is 4.98 Å². The summed E-state index contributed by atoms with van der Waals surface area (Å²) in [6, 6.07) is 1.95.